The van der Waals surface area contributed by atoms with Crippen molar-refractivity contribution in [3.05, 3.63) is 45.1 Å². The molecule has 90 valence electrons. The molecule has 0 fully saturated rings. The molecule has 1 aromatic heterocycles. The molecule has 0 unspecified atom stereocenters. The van der Waals surface area contributed by atoms with Crippen molar-refractivity contribution >= 4 is 27.5 Å². The molecule has 0 spiro atoms. The van der Waals surface area contributed by atoms with Crippen molar-refractivity contribution in [1.82, 2.24) is 9.78 Å². The van der Waals surface area contributed by atoms with Gasteiger partial charge in [-0.1, -0.05) is 11.6 Å². The summed E-state index contributed by atoms with van der Waals surface area (Å²) in [6, 6.07) is 7.46. The van der Waals surface area contributed by atoms with Gasteiger partial charge in [0.1, 0.15) is 4.60 Å². The Morgan fingerprint density at radius 3 is 2.59 bits per heavy atom. The van der Waals surface area contributed by atoms with Crippen LogP contribution in [0.4, 0.5) is 0 Å². The number of hydrogen-bond acceptors (Lipinski definition) is 2. The fraction of sp³-hybridized carbons (Fsp3) is 0.250. The van der Waals surface area contributed by atoms with Crippen LogP contribution >= 0.6 is 27.5 Å². The van der Waals surface area contributed by atoms with E-state index in [0.29, 0.717) is 11.4 Å². The molecule has 2 aromatic rings. The lowest BCUT2D eigenvalue weighted by Crippen LogP contribution is -1.97. The molecule has 0 aliphatic carbocycles. The molecule has 1 N–H and O–H groups in total. The Labute approximate surface area is 113 Å². The number of rotatable bonds is 3. The van der Waals surface area contributed by atoms with Crippen molar-refractivity contribution in [2.45, 2.75) is 13.3 Å². The number of aromatic nitrogens is 2. The van der Waals surface area contributed by atoms with E-state index in [1.54, 1.807) is 4.68 Å². The van der Waals surface area contributed by atoms with Crippen LogP contribution in [0, 0.1) is 6.92 Å². The third kappa shape index (κ3) is 2.54. The van der Waals surface area contributed by atoms with Crippen LogP contribution in [0.15, 0.2) is 28.9 Å². The standard InChI is InChI=1S/C12H12BrClN2O/c1-8-11(6-7-17)12(13)16(15-8)10-4-2-9(14)3-5-10/h2-5,17H,6-7H2,1H3. The molecule has 0 aliphatic heterocycles. The van der Waals surface area contributed by atoms with E-state index >= 15 is 0 Å². The molecule has 0 saturated carbocycles. The smallest absolute Gasteiger partial charge is 0.113 e. The van der Waals surface area contributed by atoms with Crippen molar-refractivity contribution in [2.75, 3.05) is 6.61 Å². The first-order valence-corrected chi connectivity index (χ1v) is 6.41. The number of aryl methyl sites for hydroxylation is 1. The first-order valence-electron chi connectivity index (χ1n) is 5.24. The second-order valence-electron chi connectivity index (χ2n) is 3.72. The van der Waals surface area contributed by atoms with Gasteiger partial charge < -0.3 is 5.11 Å². The van der Waals surface area contributed by atoms with E-state index in [1.807, 2.05) is 31.2 Å². The second kappa shape index (κ2) is 5.21. The third-order valence-electron chi connectivity index (χ3n) is 2.55. The molecule has 0 amide bonds. The van der Waals surface area contributed by atoms with Gasteiger partial charge in [0.15, 0.2) is 0 Å². The highest BCUT2D eigenvalue weighted by Gasteiger charge is 2.13. The summed E-state index contributed by atoms with van der Waals surface area (Å²) in [5, 5.41) is 14.2. The van der Waals surface area contributed by atoms with Gasteiger partial charge in [-0.05, 0) is 47.1 Å². The Bertz CT molecular complexity index is 522. The Kier molecular flexibility index (Phi) is 3.86. The number of aliphatic hydroxyl groups excluding tert-OH is 1. The molecule has 3 nitrogen and oxygen atoms in total. The first-order chi connectivity index (χ1) is 8.13. The summed E-state index contributed by atoms with van der Waals surface area (Å²) in [5.74, 6) is 0. The Morgan fingerprint density at radius 1 is 1.35 bits per heavy atom. The van der Waals surface area contributed by atoms with Crippen LogP contribution in [0.5, 0.6) is 0 Å². The van der Waals surface area contributed by atoms with E-state index in [2.05, 4.69) is 21.0 Å². The minimum atomic E-state index is 0.117. The van der Waals surface area contributed by atoms with Crippen LogP contribution in [0.1, 0.15) is 11.3 Å². The molecule has 0 saturated heterocycles. The van der Waals surface area contributed by atoms with Gasteiger partial charge in [-0.3, -0.25) is 0 Å². The van der Waals surface area contributed by atoms with Crippen LogP contribution < -0.4 is 0 Å². The minimum Gasteiger partial charge on any atom is -0.396 e. The maximum atomic E-state index is 9.01. The fourth-order valence-electron chi connectivity index (χ4n) is 1.68. The van der Waals surface area contributed by atoms with Crippen molar-refractivity contribution in [1.29, 1.82) is 0 Å². The maximum Gasteiger partial charge on any atom is 0.113 e. The number of halogens is 2. The lowest BCUT2D eigenvalue weighted by atomic mass is 10.2. The summed E-state index contributed by atoms with van der Waals surface area (Å²) in [5.41, 5.74) is 2.89. The topological polar surface area (TPSA) is 38.0 Å². The molecule has 2 rings (SSSR count). The molecule has 0 bridgehead atoms. The van der Waals surface area contributed by atoms with Gasteiger partial charge in [-0.2, -0.15) is 5.10 Å². The minimum absolute atomic E-state index is 0.117. The zero-order valence-electron chi connectivity index (χ0n) is 9.32. The van der Waals surface area contributed by atoms with E-state index in [4.69, 9.17) is 16.7 Å². The van der Waals surface area contributed by atoms with Gasteiger partial charge in [0.05, 0.1) is 11.4 Å². The molecular formula is C12H12BrClN2O. The van der Waals surface area contributed by atoms with Crippen molar-refractivity contribution in [2.24, 2.45) is 0 Å². The number of benzene rings is 1. The van der Waals surface area contributed by atoms with Crippen molar-refractivity contribution in [3.63, 3.8) is 0 Å². The molecule has 1 heterocycles. The summed E-state index contributed by atoms with van der Waals surface area (Å²) in [6.07, 6.45) is 0.597. The highest BCUT2D eigenvalue weighted by Crippen LogP contribution is 2.25. The first kappa shape index (κ1) is 12.6. The van der Waals surface area contributed by atoms with Gasteiger partial charge in [-0.15, -0.1) is 0 Å². The van der Waals surface area contributed by atoms with Crippen LogP contribution in [0.2, 0.25) is 5.02 Å². The fourth-order valence-corrected chi connectivity index (χ4v) is 2.58. The molecule has 5 heteroatoms. The predicted octanol–water partition coefficient (Wildman–Crippen LogP) is 3.13. The summed E-state index contributed by atoms with van der Waals surface area (Å²) in [4.78, 5) is 0. The molecule has 0 radical (unpaired) electrons. The zero-order valence-corrected chi connectivity index (χ0v) is 11.7. The largest absolute Gasteiger partial charge is 0.396 e. The summed E-state index contributed by atoms with van der Waals surface area (Å²) < 4.78 is 2.68. The zero-order chi connectivity index (χ0) is 12.4. The molecular weight excluding hydrogens is 304 g/mol. The monoisotopic (exact) mass is 314 g/mol. The predicted molar refractivity (Wildman–Crippen MR) is 71.8 cm³/mol. The number of hydrogen-bond donors (Lipinski definition) is 1. The summed E-state index contributed by atoms with van der Waals surface area (Å²) >= 11 is 9.37. The van der Waals surface area contributed by atoms with Gasteiger partial charge in [0, 0.05) is 23.6 Å². The van der Waals surface area contributed by atoms with Crippen molar-refractivity contribution in [3.8, 4) is 5.69 Å². The normalized spacial score (nSPS) is 10.8. The lowest BCUT2D eigenvalue weighted by molar-refractivity contribution is 0.299. The van der Waals surface area contributed by atoms with Gasteiger partial charge in [0.25, 0.3) is 0 Å². The average Bonchev–Trinajstić information content (AvgIpc) is 2.59. The third-order valence-corrected chi connectivity index (χ3v) is 3.62. The maximum absolute atomic E-state index is 9.01. The van der Waals surface area contributed by atoms with Gasteiger partial charge in [0.2, 0.25) is 0 Å². The Balaban J connectivity index is 2.46. The molecule has 1 aromatic carbocycles. The highest BCUT2D eigenvalue weighted by atomic mass is 79.9. The highest BCUT2D eigenvalue weighted by molar-refractivity contribution is 9.10. The van der Waals surface area contributed by atoms with Crippen LogP contribution in [-0.4, -0.2) is 21.5 Å². The van der Waals surface area contributed by atoms with Gasteiger partial charge >= 0.3 is 0 Å². The van der Waals surface area contributed by atoms with Crippen LogP contribution in [-0.2, 0) is 6.42 Å². The molecule has 0 atom stereocenters. The number of aliphatic hydroxyl groups is 1. The van der Waals surface area contributed by atoms with E-state index in [0.717, 1.165) is 21.5 Å². The average molecular weight is 316 g/mol. The molecule has 0 aliphatic rings. The van der Waals surface area contributed by atoms with E-state index in [9.17, 15) is 0 Å². The van der Waals surface area contributed by atoms with E-state index in [1.165, 1.54) is 0 Å². The lowest BCUT2D eigenvalue weighted by Gasteiger charge is -2.03. The Hall–Kier alpha value is -0.840. The van der Waals surface area contributed by atoms with E-state index in [-0.39, 0.29) is 6.61 Å². The quantitative estimate of drug-likeness (QED) is 0.945. The number of nitrogens with zero attached hydrogens (tertiary/aromatic N) is 2. The van der Waals surface area contributed by atoms with Gasteiger partial charge in [-0.25, -0.2) is 4.68 Å². The Morgan fingerprint density at radius 2 is 2.00 bits per heavy atom. The summed E-state index contributed by atoms with van der Waals surface area (Å²) in [7, 11) is 0. The van der Waals surface area contributed by atoms with E-state index < -0.39 is 0 Å². The van der Waals surface area contributed by atoms with Crippen LogP contribution in [0.25, 0.3) is 5.69 Å². The molecule has 17 heavy (non-hydrogen) atoms. The SMILES string of the molecule is Cc1nn(-c2ccc(Cl)cc2)c(Br)c1CCO. The second-order valence-corrected chi connectivity index (χ2v) is 4.90. The summed E-state index contributed by atoms with van der Waals surface area (Å²) in [6.45, 7) is 2.05. The van der Waals surface area contributed by atoms with Crippen LogP contribution in [0.3, 0.4) is 0 Å². The van der Waals surface area contributed by atoms with Crippen molar-refractivity contribution < 1.29 is 5.11 Å².